The van der Waals surface area contributed by atoms with Gasteiger partial charge in [0.2, 0.25) is 5.91 Å². The van der Waals surface area contributed by atoms with Gasteiger partial charge in [-0.05, 0) is 12.8 Å². The molecular weight excluding hydrogens is 601 g/mol. The van der Waals surface area contributed by atoms with Crippen LogP contribution in [0.5, 0.6) is 0 Å². The Hall–Kier alpha value is -2.73. The van der Waals surface area contributed by atoms with Crippen molar-refractivity contribution in [3.05, 3.63) is 33.1 Å². The Balaban J connectivity index is 1.42. The number of carbonyl (C=O) groups is 2. The number of H-pyrrole nitrogens is 1. The molecule has 2 N–H and O–H groups in total. The minimum Gasteiger partial charge on any atom is -0.456 e. The summed E-state index contributed by atoms with van der Waals surface area (Å²) in [6.45, 7) is 9.70. The fraction of sp³-hybridized carbons (Fsp3) is 0.793. The first-order valence-corrected chi connectivity index (χ1v) is 15.4. The third-order valence-corrected chi connectivity index (χ3v) is 6.40. The van der Waals surface area contributed by atoms with Crippen LogP contribution in [-0.2, 0) is 47.5 Å². The number of nitrogens with one attached hydrogen (secondary N) is 2. The molecule has 0 radical (unpaired) electrons. The van der Waals surface area contributed by atoms with E-state index in [0.717, 1.165) is 29.9 Å². The molecule has 1 aliphatic heterocycles. The lowest BCUT2D eigenvalue weighted by Crippen LogP contribution is -2.37. The van der Waals surface area contributed by atoms with Crippen LogP contribution in [0.1, 0.15) is 45.8 Å². The van der Waals surface area contributed by atoms with E-state index >= 15 is 4.39 Å². The second-order valence-corrected chi connectivity index (χ2v) is 9.91. The van der Waals surface area contributed by atoms with Crippen LogP contribution in [0.4, 0.5) is 4.39 Å². The number of amides is 1. The summed E-state index contributed by atoms with van der Waals surface area (Å²) in [5, 5.41) is 2.63. The molecule has 0 aromatic carbocycles. The molecule has 2 rings (SSSR count). The molecule has 1 amide bonds. The number of carbonyl (C=O) groups excluding carboxylic acids is 2. The Labute approximate surface area is 261 Å². The zero-order chi connectivity index (χ0) is 32.7. The van der Waals surface area contributed by atoms with Crippen molar-refractivity contribution < 1.29 is 51.9 Å². The summed E-state index contributed by atoms with van der Waals surface area (Å²) in [6.07, 6.45) is -3.25. The fourth-order valence-electron chi connectivity index (χ4n) is 4.14. The van der Waals surface area contributed by atoms with Gasteiger partial charge in [-0.25, -0.2) is 9.18 Å². The van der Waals surface area contributed by atoms with E-state index in [4.69, 9.17) is 37.9 Å². The minimum atomic E-state index is -1.85. The van der Waals surface area contributed by atoms with E-state index in [2.05, 4.69) is 12.2 Å². The lowest BCUT2D eigenvalue weighted by Gasteiger charge is -2.18. The highest BCUT2D eigenvalue weighted by molar-refractivity contribution is 5.81. The van der Waals surface area contributed by atoms with Crippen LogP contribution in [0.25, 0.3) is 0 Å². The number of esters is 1. The van der Waals surface area contributed by atoms with Gasteiger partial charge in [-0.15, -0.1) is 0 Å². The predicted octanol–water partition coefficient (Wildman–Crippen LogP) is 0.500. The molecule has 1 aromatic heterocycles. The Bertz CT molecular complexity index is 1070. The zero-order valence-corrected chi connectivity index (χ0v) is 26.2. The molecule has 1 aromatic rings. The summed E-state index contributed by atoms with van der Waals surface area (Å²) < 4.78 is 59.2. The highest BCUT2D eigenvalue weighted by Gasteiger charge is 2.48. The Morgan fingerprint density at radius 3 is 1.89 bits per heavy atom. The van der Waals surface area contributed by atoms with E-state index in [9.17, 15) is 19.2 Å². The number of halogens is 1. The molecule has 258 valence electrons. The molecular formula is C29H48FN3O12. The third-order valence-electron chi connectivity index (χ3n) is 6.40. The van der Waals surface area contributed by atoms with Gasteiger partial charge in [0.1, 0.15) is 6.10 Å². The smallest absolute Gasteiger partial charge is 0.330 e. The Morgan fingerprint density at radius 1 is 0.844 bits per heavy atom. The van der Waals surface area contributed by atoms with Gasteiger partial charge < -0.3 is 43.2 Å². The molecule has 2 heterocycles. The predicted molar refractivity (Wildman–Crippen MR) is 158 cm³/mol. The molecule has 16 heteroatoms. The average molecular weight is 650 g/mol. The molecule has 0 bridgehead atoms. The van der Waals surface area contributed by atoms with Crippen molar-refractivity contribution in [2.45, 2.75) is 64.1 Å². The third kappa shape index (κ3) is 15.9. The lowest BCUT2D eigenvalue weighted by atomic mass is 10.1. The van der Waals surface area contributed by atoms with Crippen LogP contribution in [-0.4, -0.2) is 126 Å². The van der Waals surface area contributed by atoms with Gasteiger partial charge in [-0.2, -0.15) is 0 Å². The van der Waals surface area contributed by atoms with E-state index in [1.54, 1.807) is 6.92 Å². The SMILES string of the molecule is CCCOCCOCCOCCOCCOCCOCCNC(=O)CCC(=O)O[C@@H]1C(F)[C@H](n2ccc(=O)[nH]c2=O)O[C@@H]1CC. The molecule has 1 aliphatic rings. The van der Waals surface area contributed by atoms with Crippen LogP contribution < -0.4 is 16.6 Å². The largest absolute Gasteiger partial charge is 0.456 e. The molecule has 1 saturated heterocycles. The van der Waals surface area contributed by atoms with Crippen LogP contribution in [0.15, 0.2) is 21.9 Å². The molecule has 4 atom stereocenters. The number of alkyl halides is 1. The first-order valence-electron chi connectivity index (χ1n) is 15.4. The van der Waals surface area contributed by atoms with E-state index in [-0.39, 0.29) is 31.9 Å². The number of rotatable bonds is 26. The van der Waals surface area contributed by atoms with Crippen molar-refractivity contribution in [2.75, 3.05) is 85.8 Å². The Morgan fingerprint density at radius 2 is 1.38 bits per heavy atom. The average Bonchev–Trinajstić information content (AvgIpc) is 3.33. The van der Waals surface area contributed by atoms with Crippen molar-refractivity contribution in [2.24, 2.45) is 0 Å². The molecule has 45 heavy (non-hydrogen) atoms. The van der Waals surface area contributed by atoms with E-state index in [1.165, 1.54) is 0 Å². The van der Waals surface area contributed by atoms with Gasteiger partial charge in [-0.1, -0.05) is 13.8 Å². The monoisotopic (exact) mass is 649 g/mol. The fourth-order valence-corrected chi connectivity index (χ4v) is 4.14. The summed E-state index contributed by atoms with van der Waals surface area (Å²) in [5.41, 5.74) is -1.47. The van der Waals surface area contributed by atoms with E-state index in [1.807, 2.05) is 4.98 Å². The number of nitrogens with zero attached hydrogens (tertiary/aromatic N) is 1. The molecule has 1 unspecified atom stereocenters. The normalized spacial score (nSPS) is 19.5. The van der Waals surface area contributed by atoms with Gasteiger partial charge in [0.05, 0.1) is 79.1 Å². The van der Waals surface area contributed by atoms with E-state index in [0.29, 0.717) is 72.5 Å². The highest BCUT2D eigenvalue weighted by Crippen LogP contribution is 2.34. The van der Waals surface area contributed by atoms with Crippen LogP contribution >= 0.6 is 0 Å². The lowest BCUT2D eigenvalue weighted by molar-refractivity contribution is -0.154. The van der Waals surface area contributed by atoms with Crippen LogP contribution in [0.2, 0.25) is 0 Å². The first-order chi connectivity index (χ1) is 21.9. The first kappa shape index (κ1) is 38.5. The molecule has 0 spiro atoms. The number of aromatic nitrogens is 2. The molecule has 0 saturated carbocycles. The van der Waals surface area contributed by atoms with Crippen molar-refractivity contribution >= 4 is 11.9 Å². The summed E-state index contributed by atoms with van der Waals surface area (Å²) in [5.74, 6) is -1.16. The quantitative estimate of drug-likeness (QED) is 0.105. The zero-order valence-electron chi connectivity index (χ0n) is 26.2. The van der Waals surface area contributed by atoms with Gasteiger partial charge >= 0.3 is 11.7 Å². The van der Waals surface area contributed by atoms with Crippen molar-refractivity contribution in [1.82, 2.24) is 14.9 Å². The van der Waals surface area contributed by atoms with Crippen molar-refractivity contribution in [3.8, 4) is 0 Å². The van der Waals surface area contributed by atoms with E-state index < -0.39 is 41.8 Å². The maximum Gasteiger partial charge on any atom is 0.330 e. The minimum absolute atomic E-state index is 0.153. The Kier molecular flexibility index (Phi) is 20.2. The maximum absolute atomic E-state index is 15.1. The molecule has 15 nitrogen and oxygen atoms in total. The number of hydrogen-bond acceptors (Lipinski definition) is 12. The summed E-state index contributed by atoms with van der Waals surface area (Å²) in [4.78, 5) is 49.7. The number of ether oxygens (including phenoxy) is 8. The topological polar surface area (TPSA) is 175 Å². The van der Waals surface area contributed by atoms with Gasteiger partial charge in [0.15, 0.2) is 18.5 Å². The summed E-state index contributed by atoms with van der Waals surface area (Å²) in [7, 11) is 0. The molecule has 0 aliphatic carbocycles. The van der Waals surface area contributed by atoms with Crippen LogP contribution in [0, 0.1) is 0 Å². The second kappa shape index (κ2) is 23.6. The molecule has 1 fully saturated rings. The second-order valence-electron chi connectivity index (χ2n) is 9.91. The maximum atomic E-state index is 15.1. The number of hydrogen-bond donors (Lipinski definition) is 2. The van der Waals surface area contributed by atoms with Gasteiger partial charge in [0.25, 0.3) is 5.56 Å². The number of aromatic amines is 1. The van der Waals surface area contributed by atoms with Crippen LogP contribution in [0.3, 0.4) is 0 Å². The highest BCUT2D eigenvalue weighted by atomic mass is 19.1. The summed E-state index contributed by atoms with van der Waals surface area (Å²) in [6, 6.07) is 1.07. The standard InChI is InChI=1S/C29H48FN3O12/c1-3-10-38-12-14-40-16-18-42-20-21-43-19-17-41-15-13-39-11-8-31-23(34)5-6-25(36)45-27-22(4-2)44-28(26(27)30)33-9-7-24(35)32-29(33)37/h7,9,22,26-28H,3-6,8,10-21H2,1-2H3,(H,31,34)(H,32,35,37)/t22-,26?,27+,28-/m1/s1. The van der Waals surface area contributed by atoms with Crippen molar-refractivity contribution in [1.29, 1.82) is 0 Å². The summed E-state index contributed by atoms with van der Waals surface area (Å²) >= 11 is 0. The van der Waals surface area contributed by atoms with Gasteiger partial charge in [0, 0.05) is 31.8 Å². The van der Waals surface area contributed by atoms with Crippen molar-refractivity contribution in [3.63, 3.8) is 0 Å². The van der Waals surface area contributed by atoms with Gasteiger partial charge in [-0.3, -0.25) is 23.9 Å².